The lowest BCUT2D eigenvalue weighted by molar-refractivity contribution is 0.208. The molecule has 0 saturated carbocycles. The maximum absolute atomic E-state index is 9.21. The fourth-order valence-electron chi connectivity index (χ4n) is 2.35. The van der Waals surface area contributed by atoms with E-state index in [-0.39, 0.29) is 6.61 Å². The Morgan fingerprint density at radius 2 is 2.35 bits per heavy atom. The van der Waals surface area contributed by atoms with Gasteiger partial charge in [0.1, 0.15) is 6.07 Å². The minimum atomic E-state index is 0.216. The number of hydrogen-bond donors (Lipinski definition) is 2. The third-order valence-corrected chi connectivity index (χ3v) is 3.26. The Morgan fingerprint density at radius 3 is 3.06 bits per heavy atom. The van der Waals surface area contributed by atoms with Crippen LogP contribution in [0.1, 0.15) is 18.4 Å². The number of nitrogens with zero attached hydrogens (tertiary/aromatic N) is 2. The molecule has 0 aromatic heterocycles. The van der Waals surface area contributed by atoms with Gasteiger partial charge >= 0.3 is 0 Å². The summed E-state index contributed by atoms with van der Waals surface area (Å²) < 4.78 is 0. The number of piperidine rings is 1. The molecule has 1 aliphatic rings. The molecule has 2 rings (SSSR count). The summed E-state index contributed by atoms with van der Waals surface area (Å²) in [7, 11) is 0. The number of anilines is 2. The molecule has 1 saturated heterocycles. The van der Waals surface area contributed by atoms with E-state index >= 15 is 0 Å². The van der Waals surface area contributed by atoms with Gasteiger partial charge in [0.05, 0.1) is 11.3 Å². The fraction of sp³-hybridized carbons (Fsp3) is 0.462. The zero-order valence-corrected chi connectivity index (χ0v) is 9.76. The van der Waals surface area contributed by atoms with Crippen LogP contribution in [0.15, 0.2) is 18.2 Å². The van der Waals surface area contributed by atoms with Crippen molar-refractivity contribution in [2.24, 2.45) is 5.92 Å². The second-order valence-corrected chi connectivity index (χ2v) is 4.53. The Morgan fingerprint density at radius 1 is 1.53 bits per heavy atom. The van der Waals surface area contributed by atoms with Gasteiger partial charge in [0.15, 0.2) is 0 Å². The van der Waals surface area contributed by atoms with Crippen LogP contribution >= 0.6 is 0 Å². The SMILES string of the molecule is N#Cc1cc(N)ccc1N1CCCC(CO)C1. The monoisotopic (exact) mass is 231 g/mol. The maximum atomic E-state index is 9.21. The van der Waals surface area contributed by atoms with Crippen LogP contribution < -0.4 is 10.6 Å². The Kier molecular flexibility index (Phi) is 3.50. The molecule has 4 heteroatoms. The lowest BCUT2D eigenvalue weighted by Crippen LogP contribution is -2.37. The summed E-state index contributed by atoms with van der Waals surface area (Å²) >= 11 is 0. The molecular weight excluding hydrogens is 214 g/mol. The molecule has 3 N–H and O–H groups in total. The second-order valence-electron chi connectivity index (χ2n) is 4.53. The van der Waals surface area contributed by atoms with E-state index in [9.17, 15) is 5.11 Å². The normalized spacial score (nSPS) is 20.0. The fourth-order valence-corrected chi connectivity index (χ4v) is 2.35. The van der Waals surface area contributed by atoms with E-state index in [1.807, 2.05) is 12.1 Å². The van der Waals surface area contributed by atoms with E-state index in [4.69, 9.17) is 11.0 Å². The predicted molar refractivity (Wildman–Crippen MR) is 67.6 cm³/mol. The van der Waals surface area contributed by atoms with Crippen LogP contribution in [-0.2, 0) is 0 Å². The molecular formula is C13H17N3O. The first kappa shape index (κ1) is 11.7. The van der Waals surface area contributed by atoms with Crippen LogP contribution in [-0.4, -0.2) is 24.8 Å². The molecule has 1 fully saturated rings. The first-order valence-corrected chi connectivity index (χ1v) is 5.90. The Bertz CT molecular complexity index is 439. The van der Waals surface area contributed by atoms with E-state index in [0.29, 0.717) is 17.2 Å². The number of nitriles is 1. The molecule has 0 spiro atoms. The van der Waals surface area contributed by atoms with Gasteiger partial charge in [-0.05, 0) is 37.0 Å². The van der Waals surface area contributed by atoms with Gasteiger partial charge in [-0.15, -0.1) is 0 Å². The van der Waals surface area contributed by atoms with Crippen molar-refractivity contribution in [1.82, 2.24) is 0 Å². The van der Waals surface area contributed by atoms with Gasteiger partial charge in [-0.1, -0.05) is 0 Å². The third kappa shape index (κ3) is 2.51. The Balaban J connectivity index is 2.24. The summed E-state index contributed by atoms with van der Waals surface area (Å²) in [5.41, 5.74) is 7.83. The van der Waals surface area contributed by atoms with Gasteiger partial charge < -0.3 is 15.7 Å². The summed E-state index contributed by atoms with van der Waals surface area (Å²) in [6.07, 6.45) is 2.12. The van der Waals surface area contributed by atoms with Gasteiger partial charge in [0.25, 0.3) is 0 Å². The zero-order chi connectivity index (χ0) is 12.3. The van der Waals surface area contributed by atoms with E-state index in [1.165, 1.54) is 0 Å². The molecule has 4 nitrogen and oxygen atoms in total. The Hall–Kier alpha value is -1.73. The second kappa shape index (κ2) is 5.07. The molecule has 1 heterocycles. The minimum Gasteiger partial charge on any atom is -0.399 e. The topological polar surface area (TPSA) is 73.3 Å². The first-order chi connectivity index (χ1) is 8.24. The minimum absolute atomic E-state index is 0.216. The van der Waals surface area contributed by atoms with Gasteiger partial charge in [0.2, 0.25) is 0 Å². The van der Waals surface area contributed by atoms with Crippen molar-refractivity contribution in [1.29, 1.82) is 5.26 Å². The molecule has 1 aromatic carbocycles. The van der Waals surface area contributed by atoms with Gasteiger partial charge in [-0.3, -0.25) is 0 Å². The predicted octanol–water partition coefficient (Wildman–Crippen LogP) is 1.35. The largest absolute Gasteiger partial charge is 0.399 e. The van der Waals surface area contributed by atoms with Gasteiger partial charge in [0, 0.05) is 25.4 Å². The average Bonchev–Trinajstić information content (AvgIpc) is 2.38. The van der Waals surface area contributed by atoms with E-state index in [1.54, 1.807) is 6.07 Å². The molecule has 1 aromatic rings. The smallest absolute Gasteiger partial charge is 0.101 e. The number of benzene rings is 1. The van der Waals surface area contributed by atoms with Crippen molar-refractivity contribution in [2.75, 3.05) is 30.3 Å². The molecule has 0 amide bonds. The van der Waals surface area contributed by atoms with E-state index in [2.05, 4.69) is 11.0 Å². The molecule has 0 radical (unpaired) electrons. The molecule has 17 heavy (non-hydrogen) atoms. The van der Waals surface area contributed by atoms with Crippen LogP contribution in [0.4, 0.5) is 11.4 Å². The number of aliphatic hydroxyl groups is 1. The highest BCUT2D eigenvalue weighted by Crippen LogP contribution is 2.27. The highest BCUT2D eigenvalue weighted by Gasteiger charge is 2.21. The summed E-state index contributed by atoms with van der Waals surface area (Å²) in [5, 5.41) is 18.3. The zero-order valence-electron chi connectivity index (χ0n) is 9.76. The van der Waals surface area contributed by atoms with Crippen LogP contribution in [0.2, 0.25) is 0 Å². The molecule has 1 unspecified atom stereocenters. The van der Waals surface area contributed by atoms with Crippen molar-refractivity contribution in [3.8, 4) is 6.07 Å². The van der Waals surface area contributed by atoms with Crippen molar-refractivity contribution >= 4 is 11.4 Å². The highest BCUT2D eigenvalue weighted by atomic mass is 16.3. The first-order valence-electron chi connectivity index (χ1n) is 5.90. The van der Waals surface area contributed by atoms with Crippen LogP contribution in [0.3, 0.4) is 0 Å². The standard InChI is InChI=1S/C13H17N3O/c14-7-11-6-12(15)3-4-13(11)16-5-1-2-10(8-16)9-17/h3-4,6,10,17H,1-2,5,8-9,15H2. The van der Waals surface area contributed by atoms with Gasteiger partial charge in [-0.2, -0.15) is 5.26 Å². The molecule has 1 atom stereocenters. The van der Waals surface area contributed by atoms with Crippen molar-refractivity contribution < 1.29 is 5.11 Å². The van der Waals surface area contributed by atoms with E-state index < -0.39 is 0 Å². The maximum Gasteiger partial charge on any atom is 0.101 e. The molecule has 0 aliphatic carbocycles. The lowest BCUT2D eigenvalue weighted by Gasteiger charge is -2.34. The average molecular weight is 231 g/mol. The van der Waals surface area contributed by atoms with Crippen molar-refractivity contribution in [3.05, 3.63) is 23.8 Å². The number of nitrogen functional groups attached to an aromatic ring is 1. The van der Waals surface area contributed by atoms with Crippen LogP contribution in [0.5, 0.6) is 0 Å². The Labute approximate surface area is 101 Å². The van der Waals surface area contributed by atoms with E-state index in [0.717, 1.165) is 31.6 Å². The summed E-state index contributed by atoms with van der Waals surface area (Å²) in [4.78, 5) is 2.17. The number of hydrogen-bond acceptors (Lipinski definition) is 4. The van der Waals surface area contributed by atoms with Crippen LogP contribution in [0, 0.1) is 17.2 Å². The number of nitrogens with two attached hydrogens (primary N) is 1. The number of aliphatic hydroxyl groups excluding tert-OH is 1. The van der Waals surface area contributed by atoms with Gasteiger partial charge in [-0.25, -0.2) is 0 Å². The molecule has 0 bridgehead atoms. The number of rotatable bonds is 2. The van der Waals surface area contributed by atoms with Crippen LogP contribution in [0.25, 0.3) is 0 Å². The summed E-state index contributed by atoms with van der Waals surface area (Å²) in [6, 6.07) is 7.60. The summed E-state index contributed by atoms with van der Waals surface area (Å²) in [5.74, 6) is 0.313. The highest BCUT2D eigenvalue weighted by molar-refractivity contribution is 5.64. The third-order valence-electron chi connectivity index (χ3n) is 3.26. The van der Waals surface area contributed by atoms with Crippen molar-refractivity contribution in [2.45, 2.75) is 12.8 Å². The lowest BCUT2D eigenvalue weighted by atomic mass is 9.97. The summed E-state index contributed by atoms with van der Waals surface area (Å²) in [6.45, 7) is 1.97. The molecule has 90 valence electrons. The quantitative estimate of drug-likeness (QED) is 0.753. The molecule has 1 aliphatic heterocycles. The van der Waals surface area contributed by atoms with Crippen molar-refractivity contribution in [3.63, 3.8) is 0 Å².